The Hall–Kier alpha value is -0.610. The van der Waals surface area contributed by atoms with Crippen molar-refractivity contribution in [2.75, 3.05) is 0 Å². The zero-order valence-corrected chi connectivity index (χ0v) is 12.0. The van der Waals surface area contributed by atoms with Gasteiger partial charge in [0, 0.05) is 22.9 Å². The van der Waals surface area contributed by atoms with Crippen LogP contribution in [0.2, 0.25) is 0 Å². The average Bonchev–Trinajstić information content (AvgIpc) is 2.76. The second-order valence-corrected chi connectivity index (χ2v) is 5.89. The van der Waals surface area contributed by atoms with Crippen LogP contribution in [0.15, 0.2) is 6.07 Å². The van der Waals surface area contributed by atoms with Crippen LogP contribution in [0.1, 0.15) is 40.7 Å². The summed E-state index contributed by atoms with van der Waals surface area (Å²) in [5.74, 6) is 0.372. The summed E-state index contributed by atoms with van der Waals surface area (Å²) in [5, 5.41) is 0.849. The predicted molar refractivity (Wildman–Crippen MR) is 72.9 cm³/mol. The number of aromatic nitrogens is 1. The molecule has 0 N–H and O–H groups in total. The zero-order valence-electron chi connectivity index (χ0n) is 9.58. The van der Waals surface area contributed by atoms with Gasteiger partial charge in [-0.05, 0) is 12.0 Å². The van der Waals surface area contributed by atoms with E-state index in [1.165, 1.54) is 10.4 Å². The third kappa shape index (κ3) is 1.64. The molecule has 0 radical (unpaired) electrons. The normalized spacial score (nSPS) is 11.6. The van der Waals surface area contributed by atoms with E-state index in [-0.39, 0.29) is 0 Å². The standard InChI is InChI=1S/C12H14BrNOS/c1-7(2)11-9(6-15)12-10(14(11)3)4-8(5-13)16-12/h4,6-7H,5H2,1-3H3. The SMILES string of the molecule is CC(C)c1c(C=O)c2sc(CBr)cc2n1C. The van der Waals surface area contributed by atoms with Gasteiger partial charge in [0.1, 0.15) is 0 Å². The lowest BCUT2D eigenvalue weighted by molar-refractivity contribution is 0.112. The average molecular weight is 300 g/mol. The first-order valence-corrected chi connectivity index (χ1v) is 7.16. The summed E-state index contributed by atoms with van der Waals surface area (Å²) in [6.45, 7) is 4.24. The molecule has 2 heterocycles. The Balaban J connectivity index is 2.79. The second kappa shape index (κ2) is 4.34. The van der Waals surface area contributed by atoms with E-state index in [1.807, 2.05) is 7.05 Å². The van der Waals surface area contributed by atoms with Gasteiger partial charge in [0.05, 0.1) is 15.8 Å². The summed E-state index contributed by atoms with van der Waals surface area (Å²) in [6.07, 6.45) is 0.992. The van der Waals surface area contributed by atoms with Gasteiger partial charge in [-0.25, -0.2) is 0 Å². The molecule has 2 aromatic heterocycles. The van der Waals surface area contributed by atoms with Crippen LogP contribution in [-0.4, -0.2) is 10.9 Å². The molecule has 4 heteroatoms. The molecule has 0 saturated heterocycles. The number of alkyl halides is 1. The van der Waals surface area contributed by atoms with Crippen molar-refractivity contribution in [3.8, 4) is 0 Å². The van der Waals surface area contributed by atoms with Gasteiger partial charge in [0.15, 0.2) is 6.29 Å². The Bertz CT molecular complexity index is 539. The molecule has 0 saturated carbocycles. The molecular weight excluding hydrogens is 286 g/mol. The minimum Gasteiger partial charge on any atom is -0.346 e. The fraction of sp³-hybridized carbons (Fsp3) is 0.417. The molecule has 2 nitrogen and oxygen atoms in total. The number of halogens is 1. The zero-order chi connectivity index (χ0) is 11.9. The van der Waals surface area contributed by atoms with Crippen molar-refractivity contribution in [3.63, 3.8) is 0 Å². The van der Waals surface area contributed by atoms with Crippen LogP contribution in [0, 0.1) is 0 Å². The Morgan fingerprint density at radius 3 is 2.75 bits per heavy atom. The Morgan fingerprint density at radius 2 is 2.25 bits per heavy atom. The molecule has 2 aromatic rings. The van der Waals surface area contributed by atoms with Crippen molar-refractivity contribution in [2.45, 2.75) is 25.1 Å². The van der Waals surface area contributed by atoms with Crippen LogP contribution < -0.4 is 0 Å². The van der Waals surface area contributed by atoms with Crippen molar-refractivity contribution in [1.29, 1.82) is 0 Å². The van der Waals surface area contributed by atoms with Crippen LogP contribution >= 0.6 is 27.3 Å². The number of rotatable bonds is 3. The minimum atomic E-state index is 0.372. The molecule has 86 valence electrons. The van der Waals surface area contributed by atoms with Crippen molar-refractivity contribution < 1.29 is 4.79 Å². The molecule has 0 amide bonds. The number of hydrogen-bond acceptors (Lipinski definition) is 2. The van der Waals surface area contributed by atoms with E-state index in [2.05, 4.69) is 40.4 Å². The van der Waals surface area contributed by atoms with Gasteiger partial charge in [0.25, 0.3) is 0 Å². The topological polar surface area (TPSA) is 22.0 Å². The summed E-state index contributed by atoms with van der Waals surface area (Å²) in [6, 6.07) is 2.16. The monoisotopic (exact) mass is 299 g/mol. The summed E-state index contributed by atoms with van der Waals surface area (Å²) in [4.78, 5) is 12.5. The largest absolute Gasteiger partial charge is 0.346 e. The van der Waals surface area contributed by atoms with Gasteiger partial charge in [-0.3, -0.25) is 4.79 Å². The molecule has 2 rings (SSSR count). The van der Waals surface area contributed by atoms with E-state index >= 15 is 0 Å². The molecule has 0 fully saturated rings. The van der Waals surface area contributed by atoms with E-state index < -0.39 is 0 Å². The molecule has 0 unspecified atom stereocenters. The quantitative estimate of drug-likeness (QED) is 0.618. The number of aldehydes is 1. The second-order valence-electron chi connectivity index (χ2n) is 4.19. The highest BCUT2D eigenvalue weighted by molar-refractivity contribution is 9.08. The van der Waals surface area contributed by atoms with Crippen molar-refractivity contribution in [2.24, 2.45) is 7.05 Å². The molecule has 0 atom stereocenters. The van der Waals surface area contributed by atoms with Gasteiger partial charge in [0.2, 0.25) is 0 Å². The lowest BCUT2D eigenvalue weighted by Crippen LogP contribution is -2.01. The maximum absolute atomic E-state index is 11.2. The van der Waals surface area contributed by atoms with Crippen LogP contribution in [0.5, 0.6) is 0 Å². The summed E-state index contributed by atoms with van der Waals surface area (Å²) in [7, 11) is 2.04. The third-order valence-corrected chi connectivity index (χ3v) is 4.94. The number of carbonyl (C=O) groups excluding carboxylic acids is 1. The van der Waals surface area contributed by atoms with Gasteiger partial charge in [-0.2, -0.15) is 0 Å². The fourth-order valence-corrected chi connectivity index (χ4v) is 3.73. The third-order valence-electron chi connectivity index (χ3n) is 2.80. The number of hydrogen-bond donors (Lipinski definition) is 0. The summed E-state index contributed by atoms with van der Waals surface area (Å²) in [5.41, 5.74) is 3.17. The smallest absolute Gasteiger partial charge is 0.153 e. The lowest BCUT2D eigenvalue weighted by Gasteiger charge is -2.08. The van der Waals surface area contributed by atoms with E-state index in [9.17, 15) is 4.79 Å². The highest BCUT2D eigenvalue weighted by atomic mass is 79.9. The molecule has 0 aromatic carbocycles. The Morgan fingerprint density at radius 1 is 1.56 bits per heavy atom. The maximum Gasteiger partial charge on any atom is 0.153 e. The van der Waals surface area contributed by atoms with E-state index in [0.717, 1.165) is 27.6 Å². The fourth-order valence-electron chi connectivity index (χ4n) is 2.18. The van der Waals surface area contributed by atoms with Gasteiger partial charge < -0.3 is 4.57 Å². The first-order valence-electron chi connectivity index (χ1n) is 5.22. The van der Waals surface area contributed by atoms with Crippen LogP contribution in [0.4, 0.5) is 0 Å². The number of nitrogens with zero attached hydrogens (tertiary/aromatic N) is 1. The molecule has 0 bridgehead atoms. The van der Waals surface area contributed by atoms with Crippen molar-refractivity contribution in [3.05, 3.63) is 22.2 Å². The van der Waals surface area contributed by atoms with Crippen LogP contribution in [0.3, 0.4) is 0 Å². The van der Waals surface area contributed by atoms with Gasteiger partial charge in [-0.1, -0.05) is 29.8 Å². The molecule has 0 aliphatic carbocycles. The molecule has 0 aliphatic rings. The minimum absolute atomic E-state index is 0.372. The van der Waals surface area contributed by atoms with Gasteiger partial charge in [-0.15, -0.1) is 11.3 Å². The first-order chi connectivity index (χ1) is 7.60. The number of fused-ring (bicyclic) bond motifs is 1. The molecule has 0 spiro atoms. The highest BCUT2D eigenvalue weighted by Crippen LogP contribution is 2.35. The van der Waals surface area contributed by atoms with Crippen LogP contribution in [0.25, 0.3) is 10.2 Å². The Labute approximate surface area is 107 Å². The Kier molecular flexibility index (Phi) is 3.22. The highest BCUT2D eigenvalue weighted by Gasteiger charge is 2.19. The molecule has 0 aliphatic heterocycles. The summed E-state index contributed by atoms with van der Waals surface area (Å²) < 4.78 is 3.27. The molecular formula is C12H14BrNOS. The number of carbonyl (C=O) groups is 1. The number of thiophene rings is 1. The first kappa shape index (κ1) is 11.9. The summed E-state index contributed by atoms with van der Waals surface area (Å²) >= 11 is 5.15. The van der Waals surface area contributed by atoms with Crippen LogP contribution in [-0.2, 0) is 12.4 Å². The van der Waals surface area contributed by atoms with E-state index in [0.29, 0.717) is 5.92 Å². The van der Waals surface area contributed by atoms with E-state index in [4.69, 9.17) is 0 Å². The van der Waals surface area contributed by atoms with E-state index in [1.54, 1.807) is 11.3 Å². The van der Waals surface area contributed by atoms with Crippen molar-refractivity contribution in [1.82, 2.24) is 4.57 Å². The number of aryl methyl sites for hydroxylation is 1. The predicted octanol–water partition coefficient (Wildman–Crippen LogP) is 4.07. The van der Waals surface area contributed by atoms with Crippen molar-refractivity contribution >= 4 is 43.8 Å². The maximum atomic E-state index is 11.2. The molecule has 16 heavy (non-hydrogen) atoms. The lowest BCUT2D eigenvalue weighted by atomic mass is 10.1. The van der Waals surface area contributed by atoms with Gasteiger partial charge >= 0.3 is 0 Å².